The third-order valence-corrected chi connectivity index (χ3v) is 7.03. The molecule has 2 aliphatic heterocycles. The molecule has 1 N–H and O–H groups in total. The molecule has 0 radical (unpaired) electrons. The van der Waals surface area contributed by atoms with Crippen LogP contribution in [-0.4, -0.2) is 37.7 Å². The summed E-state index contributed by atoms with van der Waals surface area (Å²) in [7, 11) is 3.29. The van der Waals surface area contributed by atoms with Crippen LogP contribution in [0, 0.1) is 0 Å². The van der Waals surface area contributed by atoms with Gasteiger partial charge in [-0.25, -0.2) is 0 Å². The van der Waals surface area contributed by atoms with Crippen LogP contribution in [0.5, 0.6) is 11.5 Å². The molecule has 2 aromatic carbocycles. The minimum Gasteiger partial charge on any atom is -0.496 e. The first-order valence-corrected chi connectivity index (χ1v) is 11.4. The molecule has 1 spiro atoms. The van der Waals surface area contributed by atoms with E-state index in [0.717, 1.165) is 48.6 Å². The van der Waals surface area contributed by atoms with E-state index in [-0.39, 0.29) is 5.78 Å². The van der Waals surface area contributed by atoms with Gasteiger partial charge in [0.1, 0.15) is 11.5 Å². The van der Waals surface area contributed by atoms with Crippen molar-refractivity contribution in [2.75, 3.05) is 27.3 Å². The molecule has 0 amide bonds. The second kappa shape index (κ2) is 8.04. The average molecular weight is 447 g/mol. The number of nitrogens with zero attached hydrogens (tertiary/aromatic N) is 1. The molecule has 3 heterocycles. The topological polar surface area (TPSA) is 61.7 Å². The van der Waals surface area contributed by atoms with E-state index in [1.165, 1.54) is 0 Å². The Bertz CT molecular complexity index is 1200. The molecule has 6 heteroatoms. The number of hydrogen-bond donors (Lipinski definition) is 1. The smallest absolute Gasteiger partial charge is 0.195 e. The third-order valence-electron chi connectivity index (χ3n) is 7.03. The average Bonchev–Trinajstić information content (AvgIpc) is 3.30. The molecule has 5 rings (SSSR count). The van der Waals surface area contributed by atoms with Crippen LogP contribution < -0.4 is 14.8 Å². The van der Waals surface area contributed by atoms with Gasteiger partial charge in [-0.2, -0.15) is 0 Å². The predicted octanol–water partition coefficient (Wildman–Crippen LogP) is 4.57. The standard InChI is InChI=1S/C27H30N2O4/c1-26(2,32-4)20-10-9-18(17-23(20)31-3)24(30)19-11-16-29-21-7-5-6-8-22(21)33-27(25(19)29)12-14-28-15-13-27/h5-11,16-17,28H,12-15H2,1-4H3. The van der Waals surface area contributed by atoms with Crippen LogP contribution in [0.1, 0.15) is 53.9 Å². The van der Waals surface area contributed by atoms with E-state index in [9.17, 15) is 4.79 Å². The van der Waals surface area contributed by atoms with Gasteiger partial charge in [0, 0.05) is 42.8 Å². The summed E-state index contributed by atoms with van der Waals surface area (Å²) >= 11 is 0. The molecule has 172 valence electrons. The van der Waals surface area contributed by atoms with Gasteiger partial charge in [0.15, 0.2) is 11.4 Å². The van der Waals surface area contributed by atoms with E-state index in [0.29, 0.717) is 16.9 Å². The third kappa shape index (κ3) is 3.45. The highest BCUT2D eigenvalue weighted by molar-refractivity contribution is 6.10. The fourth-order valence-corrected chi connectivity index (χ4v) is 5.05. The monoisotopic (exact) mass is 446 g/mol. The number of ether oxygens (including phenoxy) is 3. The molecule has 6 nitrogen and oxygen atoms in total. The number of benzene rings is 2. The number of rotatable bonds is 5. The van der Waals surface area contributed by atoms with E-state index < -0.39 is 11.2 Å². The number of hydrogen-bond acceptors (Lipinski definition) is 5. The molecule has 1 aromatic heterocycles. The van der Waals surface area contributed by atoms with Gasteiger partial charge in [-0.1, -0.05) is 24.3 Å². The molecule has 0 bridgehead atoms. The Morgan fingerprint density at radius 2 is 1.85 bits per heavy atom. The van der Waals surface area contributed by atoms with Crippen LogP contribution in [0.3, 0.4) is 0 Å². The zero-order valence-electron chi connectivity index (χ0n) is 19.6. The first-order chi connectivity index (χ1) is 15.9. The van der Waals surface area contributed by atoms with Crippen molar-refractivity contribution in [3.63, 3.8) is 0 Å². The van der Waals surface area contributed by atoms with Gasteiger partial charge in [-0.3, -0.25) is 4.79 Å². The van der Waals surface area contributed by atoms with Crippen molar-refractivity contribution in [3.05, 3.63) is 77.1 Å². The molecule has 33 heavy (non-hydrogen) atoms. The van der Waals surface area contributed by atoms with E-state index in [1.54, 1.807) is 14.2 Å². The van der Waals surface area contributed by atoms with Crippen molar-refractivity contribution in [2.45, 2.75) is 37.9 Å². The van der Waals surface area contributed by atoms with Gasteiger partial charge in [-0.05, 0) is 51.2 Å². The number of nitrogens with one attached hydrogen (secondary N) is 1. The van der Waals surface area contributed by atoms with Crippen molar-refractivity contribution in [1.82, 2.24) is 9.88 Å². The van der Waals surface area contributed by atoms with Gasteiger partial charge in [0.2, 0.25) is 0 Å². The van der Waals surface area contributed by atoms with E-state index in [2.05, 4.69) is 9.88 Å². The maximum absolute atomic E-state index is 13.8. The zero-order chi connectivity index (χ0) is 23.2. The summed E-state index contributed by atoms with van der Waals surface area (Å²) in [4.78, 5) is 13.8. The van der Waals surface area contributed by atoms with Crippen molar-refractivity contribution in [1.29, 1.82) is 0 Å². The van der Waals surface area contributed by atoms with Crippen molar-refractivity contribution >= 4 is 5.78 Å². The second-order valence-corrected chi connectivity index (χ2v) is 9.22. The molecule has 1 saturated heterocycles. The lowest BCUT2D eigenvalue weighted by Gasteiger charge is -2.43. The lowest BCUT2D eigenvalue weighted by atomic mass is 9.83. The van der Waals surface area contributed by atoms with Gasteiger partial charge in [0.25, 0.3) is 0 Å². The maximum Gasteiger partial charge on any atom is 0.195 e. The summed E-state index contributed by atoms with van der Waals surface area (Å²) < 4.78 is 20.0. The molecule has 1 fully saturated rings. The van der Waals surface area contributed by atoms with Gasteiger partial charge < -0.3 is 24.1 Å². The maximum atomic E-state index is 13.8. The Kier molecular flexibility index (Phi) is 5.30. The highest BCUT2D eigenvalue weighted by atomic mass is 16.5. The van der Waals surface area contributed by atoms with Crippen LogP contribution in [-0.2, 0) is 15.9 Å². The Hall–Kier alpha value is -3.09. The summed E-state index contributed by atoms with van der Waals surface area (Å²) in [5, 5.41) is 3.42. The number of piperidine rings is 1. The molecule has 0 aliphatic carbocycles. The summed E-state index contributed by atoms with van der Waals surface area (Å²) in [6.07, 6.45) is 3.60. The SMILES string of the molecule is COc1cc(C(=O)c2ccn3c2C2(CCNCC2)Oc2ccccc2-3)ccc1C(C)(C)OC. The lowest BCUT2D eigenvalue weighted by Crippen LogP contribution is -2.47. The lowest BCUT2D eigenvalue weighted by molar-refractivity contribution is 0.0172. The van der Waals surface area contributed by atoms with Crippen molar-refractivity contribution < 1.29 is 19.0 Å². The second-order valence-electron chi connectivity index (χ2n) is 9.22. The van der Waals surface area contributed by atoms with E-state index in [1.807, 2.05) is 68.6 Å². The van der Waals surface area contributed by atoms with Crippen molar-refractivity contribution in [2.24, 2.45) is 0 Å². The summed E-state index contributed by atoms with van der Waals surface area (Å²) in [5.74, 6) is 1.46. The van der Waals surface area contributed by atoms with Crippen LogP contribution in [0.4, 0.5) is 0 Å². The fraction of sp³-hybridized carbons (Fsp3) is 0.370. The molecule has 0 atom stereocenters. The number of aromatic nitrogens is 1. The molecule has 2 aliphatic rings. The first-order valence-electron chi connectivity index (χ1n) is 11.4. The molecule has 0 unspecified atom stereocenters. The summed E-state index contributed by atoms with van der Waals surface area (Å²) in [5.41, 5.74) is 3.00. The quantitative estimate of drug-likeness (QED) is 0.582. The van der Waals surface area contributed by atoms with E-state index in [4.69, 9.17) is 14.2 Å². The van der Waals surface area contributed by atoms with Crippen molar-refractivity contribution in [3.8, 4) is 17.2 Å². The van der Waals surface area contributed by atoms with Crippen LogP contribution in [0.2, 0.25) is 0 Å². The number of methoxy groups -OCH3 is 2. The fourth-order valence-electron chi connectivity index (χ4n) is 5.05. The van der Waals surface area contributed by atoms with Gasteiger partial charge in [-0.15, -0.1) is 0 Å². The normalized spacial score (nSPS) is 16.6. The molecule has 3 aromatic rings. The van der Waals surface area contributed by atoms with Crippen LogP contribution in [0.25, 0.3) is 5.69 Å². The summed E-state index contributed by atoms with van der Waals surface area (Å²) in [6.45, 7) is 5.64. The minimum atomic E-state index is -0.532. The van der Waals surface area contributed by atoms with Crippen LogP contribution >= 0.6 is 0 Å². The molecule has 0 saturated carbocycles. The van der Waals surface area contributed by atoms with E-state index >= 15 is 0 Å². The zero-order valence-corrected chi connectivity index (χ0v) is 19.6. The number of carbonyl (C=O) groups excluding carboxylic acids is 1. The Morgan fingerprint density at radius 1 is 1.09 bits per heavy atom. The minimum absolute atomic E-state index is 0.0373. The van der Waals surface area contributed by atoms with Crippen LogP contribution in [0.15, 0.2) is 54.7 Å². The Balaban J connectivity index is 1.63. The highest BCUT2D eigenvalue weighted by Crippen LogP contribution is 2.46. The Morgan fingerprint density at radius 3 is 2.58 bits per heavy atom. The number of ketones is 1. The first kappa shape index (κ1) is 21.7. The number of fused-ring (bicyclic) bond motifs is 4. The number of carbonyl (C=O) groups is 1. The highest BCUT2D eigenvalue weighted by Gasteiger charge is 2.45. The van der Waals surface area contributed by atoms with Gasteiger partial charge in [0.05, 0.1) is 24.1 Å². The number of para-hydroxylation sites is 2. The molecular weight excluding hydrogens is 416 g/mol. The van der Waals surface area contributed by atoms with Gasteiger partial charge >= 0.3 is 0 Å². The molecular formula is C27H30N2O4. The largest absolute Gasteiger partial charge is 0.496 e. The predicted molar refractivity (Wildman–Crippen MR) is 127 cm³/mol. The Labute approximate surface area is 194 Å². The summed E-state index contributed by atoms with van der Waals surface area (Å²) in [6, 6.07) is 15.5.